The summed E-state index contributed by atoms with van der Waals surface area (Å²) < 4.78 is 22.2. The molecular formula is C20H20FN5O3. The van der Waals surface area contributed by atoms with Crippen LogP contribution in [0.2, 0.25) is 0 Å². The number of nitrogens with zero attached hydrogens (tertiary/aromatic N) is 4. The van der Waals surface area contributed by atoms with E-state index in [1.165, 1.54) is 17.1 Å². The van der Waals surface area contributed by atoms with Gasteiger partial charge in [0.15, 0.2) is 11.6 Å². The molecule has 1 aliphatic carbocycles. The molecule has 29 heavy (non-hydrogen) atoms. The molecule has 8 nitrogen and oxygen atoms in total. The van der Waals surface area contributed by atoms with Crippen LogP contribution in [0.25, 0.3) is 11.0 Å². The molecule has 1 fully saturated rings. The molecule has 3 aromatic rings. The molecule has 3 N–H and O–H groups in total. The van der Waals surface area contributed by atoms with Gasteiger partial charge in [-0.05, 0) is 18.3 Å². The predicted molar refractivity (Wildman–Crippen MR) is 104 cm³/mol. The maximum Gasteiger partial charge on any atom is 0.167 e. The van der Waals surface area contributed by atoms with Crippen molar-refractivity contribution in [2.75, 3.05) is 0 Å². The number of fused-ring (bicyclic) bond motifs is 2. The Balaban J connectivity index is 1.47. The van der Waals surface area contributed by atoms with Gasteiger partial charge in [0.05, 0.1) is 11.4 Å². The lowest BCUT2D eigenvalue weighted by atomic mass is 10.1. The van der Waals surface area contributed by atoms with Gasteiger partial charge in [0.1, 0.15) is 36.0 Å². The molecule has 2 aliphatic rings. The van der Waals surface area contributed by atoms with Gasteiger partial charge in [0.2, 0.25) is 0 Å². The molecule has 4 atom stereocenters. The van der Waals surface area contributed by atoms with E-state index in [4.69, 9.17) is 4.74 Å². The highest BCUT2D eigenvalue weighted by Gasteiger charge is 2.45. The molecule has 0 radical (unpaired) electrons. The van der Waals surface area contributed by atoms with Crippen LogP contribution in [0, 0.1) is 5.82 Å². The van der Waals surface area contributed by atoms with Crippen LogP contribution in [0.15, 0.2) is 35.7 Å². The van der Waals surface area contributed by atoms with E-state index in [2.05, 4.69) is 27.0 Å². The zero-order valence-electron chi connectivity index (χ0n) is 15.5. The third kappa shape index (κ3) is 2.81. The monoisotopic (exact) mass is 397 g/mol. The van der Waals surface area contributed by atoms with Gasteiger partial charge in [-0.2, -0.15) is 0 Å². The van der Waals surface area contributed by atoms with Crippen molar-refractivity contribution in [2.24, 2.45) is 4.99 Å². The summed E-state index contributed by atoms with van der Waals surface area (Å²) in [6, 6.07) is 5.19. The Kier molecular flexibility index (Phi) is 4.30. The Hall–Kier alpha value is -2.88. The van der Waals surface area contributed by atoms with E-state index in [0.717, 1.165) is 17.7 Å². The summed E-state index contributed by atoms with van der Waals surface area (Å²) in [5.74, 6) is 0.272. The molecule has 3 heterocycles. The summed E-state index contributed by atoms with van der Waals surface area (Å²) in [6.45, 7) is 4.89. The summed E-state index contributed by atoms with van der Waals surface area (Å²) in [4.78, 5) is 11.8. The standard InChI is InChI=1S/C20H20FN5O3/c1-22-19-16-12(21)8-26(20(16)25-9-24-19)13-5-15(18(28)17(13)27)29-14-4-2-3-10-6-23-7-11(10)14/h2-4,8-9,13,15,17-18,23,27-28H,1,5-7H2/t13-,15+,17-,18+/m0/s1. The summed E-state index contributed by atoms with van der Waals surface area (Å²) >= 11 is 0. The van der Waals surface area contributed by atoms with Gasteiger partial charge >= 0.3 is 0 Å². The average molecular weight is 397 g/mol. The van der Waals surface area contributed by atoms with E-state index in [1.807, 2.05) is 18.2 Å². The number of hydrogen-bond acceptors (Lipinski definition) is 7. The Labute approximate surface area is 165 Å². The van der Waals surface area contributed by atoms with Gasteiger partial charge in [-0.1, -0.05) is 12.1 Å². The second-order valence-corrected chi connectivity index (χ2v) is 7.38. The Morgan fingerprint density at radius 3 is 2.93 bits per heavy atom. The first-order valence-corrected chi connectivity index (χ1v) is 9.40. The third-order valence-electron chi connectivity index (χ3n) is 5.77. The van der Waals surface area contributed by atoms with E-state index in [1.54, 1.807) is 0 Å². The minimum absolute atomic E-state index is 0.138. The fourth-order valence-corrected chi connectivity index (χ4v) is 4.33. The highest BCUT2D eigenvalue weighted by atomic mass is 19.1. The zero-order valence-corrected chi connectivity index (χ0v) is 15.5. The molecule has 0 amide bonds. The average Bonchev–Trinajstić information content (AvgIpc) is 3.41. The molecule has 150 valence electrons. The number of aromatic nitrogens is 3. The summed E-state index contributed by atoms with van der Waals surface area (Å²) in [7, 11) is 0. The molecule has 0 unspecified atom stereocenters. The van der Waals surface area contributed by atoms with Crippen molar-refractivity contribution in [3.63, 3.8) is 0 Å². The lowest BCUT2D eigenvalue weighted by Gasteiger charge is -2.20. The number of aliphatic hydroxyl groups excluding tert-OH is 2. The van der Waals surface area contributed by atoms with Crippen molar-refractivity contribution in [1.29, 1.82) is 0 Å². The first-order chi connectivity index (χ1) is 14.1. The molecule has 1 aliphatic heterocycles. The van der Waals surface area contributed by atoms with Crippen molar-refractivity contribution in [3.8, 4) is 5.75 Å². The maximum atomic E-state index is 14.6. The smallest absolute Gasteiger partial charge is 0.167 e. The number of aliphatic hydroxyl groups is 2. The van der Waals surface area contributed by atoms with Crippen molar-refractivity contribution in [3.05, 3.63) is 47.7 Å². The lowest BCUT2D eigenvalue weighted by molar-refractivity contribution is -0.0166. The second-order valence-electron chi connectivity index (χ2n) is 7.38. The third-order valence-corrected chi connectivity index (χ3v) is 5.77. The van der Waals surface area contributed by atoms with Gasteiger partial charge in [-0.25, -0.2) is 19.4 Å². The SMILES string of the molecule is C=Nc1ncnc2c1c(F)cn2[C@H]1C[C@@H](Oc2cccc3c2CNC3)[C@@H](O)[C@H]1O. The van der Waals surface area contributed by atoms with Gasteiger partial charge < -0.3 is 24.8 Å². The molecule has 0 spiro atoms. The fraction of sp³-hybridized carbons (Fsp3) is 0.350. The summed E-state index contributed by atoms with van der Waals surface area (Å²) in [5, 5.41) is 24.7. The maximum absolute atomic E-state index is 14.6. The molecule has 9 heteroatoms. The molecule has 2 aromatic heterocycles. The minimum Gasteiger partial charge on any atom is -0.487 e. The van der Waals surface area contributed by atoms with Crippen LogP contribution < -0.4 is 10.1 Å². The number of hydrogen-bond donors (Lipinski definition) is 3. The Bertz CT molecular complexity index is 1100. The van der Waals surface area contributed by atoms with E-state index in [-0.39, 0.29) is 11.2 Å². The first kappa shape index (κ1) is 18.2. The summed E-state index contributed by atoms with van der Waals surface area (Å²) in [5.41, 5.74) is 2.51. The Morgan fingerprint density at radius 1 is 1.24 bits per heavy atom. The van der Waals surface area contributed by atoms with Crippen LogP contribution in [-0.2, 0) is 13.1 Å². The molecule has 1 aromatic carbocycles. The van der Waals surface area contributed by atoms with Crippen LogP contribution >= 0.6 is 0 Å². The van der Waals surface area contributed by atoms with Gasteiger partial charge in [0.25, 0.3) is 0 Å². The predicted octanol–water partition coefficient (Wildman–Crippen LogP) is 1.62. The van der Waals surface area contributed by atoms with E-state index in [9.17, 15) is 14.6 Å². The van der Waals surface area contributed by atoms with Crippen LogP contribution in [0.4, 0.5) is 10.2 Å². The van der Waals surface area contributed by atoms with E-state index < -0.39 is 30.2 Å². The number of halogens is 1. The number of ether oxygens (including phenoxy) is 1. The van der Waals surface area contributed by atoms with Crippen LogP contribution in [0.1, 0.15) is 23.6 Å². The van der Waals surface area contributed by atoms with Crippen molar-refractivity contribution >= 4 is 23.6 Å². The molecule has 0 bridgehead atoms. The topological polar surface area (TPSA) is 105 Å². The quantitative estimate of drug-likeness (QED) is 0.578. The van der Waals surface area contributed by atoms with E-state index >= 15 is 0 Å². The van der Waals surface area contributed by atoms with Crippen LogP contribution in [0.5, 0.6) is 5.75 Å². The largest absolute Gasteiger partial charge is 0.487 e. The van der Waals surface area contributed by atoms with Crippen LogP contribution in [-0.4, -0.2) is 49.8 Å². The zero-order chi connectivity index (χ0) is 20.1. The molecule has 1 saturated carbocycles. The first-order valence-electron chi connectivity index (χ1n) is 9.40. The van der Waals surface area contributed by atoms with Crippen LogP contribution in [0.3, 0.4) is 0 Å². The lowest BCUT2D eigenvalue weighted by Crippen LogP contribution is -2.34. The number of rotatable bonds is 4. The molecule has 5 rings (SSSR count). The van der Waals surface area contributed by atoms with Crippen molar-refractivity contribution in [2.45, 2.75) is 43.9 Å². The van der Waals surface area contributed by atoms with Crippen molar-refractivity contribution in [1.82, 2.24) is 19.9 Å². The van der Waals surface area contributed by atoms with Crippen molar-refractivity contribution < 1.29 is 19.3 Å². The van der Waals surface area contributed by atoms with E-state index in [0.29, 0.717) is 24.4 Å². The highest BCUT2D eigenvalue weighted by Crippen LogP contribution is 2.38. The van der Waals surface area contributed by atoms with Gasteiger partial charge in [-0.15, -0.1) is 0 Å². The normalized spacial score (nSPS) is 26.0. The molecule has 0 saturated heterocycles. The number of benzene rings is 1. The summed E-state index contributed by atoms with van der Waals surface area (Å²) in [6.07, 6.45) is -0.0788. The number of nitrogens with one attached hydrogen (secondary N) is 1. The number of aliphatic imine (C=N–C) groups is 1. The second kappa shape index (κ2) is 6.87. The highest BCUT2D eigenvalue weighted by molar-refractivity contribution is 5.87. The minimum atomic E-state index is -1.14. The Morgan fingerprint density at radius 2 is 2.10 bits per heavy atom. The van der Waals surface area contributed by atoms with Gasteiger partial charge in [0, 0.05) is 31.3 Å². The fourth-order valence-electron chi connectivity index (χ4n) is 4.33. The molecular weight excluding hydrogens is 377 g/mol. The van der Waals surface area contributed by atoms with Gasteiger partial charge in [-0.3, -0.25) is 0 Å².